The van der Waals surface area contributed by atoms with E-state index < -0.39 is 0 Å². The molecule has 1 aromatic carbocycles. The van der Waals surface area contributed by atoms with Crippen LogP contribution in [0.15, 0.2) is 34.9 Å². The lowest BCUT2D eigenvalue weighted by Gasteiger charge is -2.18. The molecule has 0 bridgehead atoms. The Kier molecular flexibility index (Phi) is 4.59. The van der Waals surface area contributed by atoms with Crippen molar-refractivity contribution in [3.8, 4) is 11.4 Å². The Morgan fingerprint density at radius 2 is 2.12 bits per heavy atom. The fourth-order valence-electron chi connectivity index (χ4n) is 2.75. The van der Waals surface area contributed by atoms with Gasteiger partial charge >= 0.3 is 6.01 Å². The maximum absolute atomic E-state index is 12.3. The fourth-order valence-corrected chi connectivity index (χ4v) is 2.75. The van der Waals surface area contributed by atoms with Gasteiger partial charge in [-0.1, -0.05) is 49.3 Å². The lowest BCUT2D eigenvalue weighted by molar-refractivity contribution is -0.128. The predicted molar refractivity (Wildman–Crippen MR) is 87.9 cm³/mol. The topological polar surface area (TPSA) is 88.3 Å². The first-order valence-corrected chi connectivity index (χ1v) is 8.00. The van der Waals surface area contributed by atoms with Crippen molar-refractivity contribution in [2.75, 3.05) is 18.4 Å². The number of nitrogens with one attached hydrogen (secondary N) is 1. The molecule has 1 N–H and O–H groups in total. The number of hydrogen-bond donors (Lipinski definition) is 1. The van der Waals surface area contributed by atoms with Gasteiger partial charge in [-0.3, -0.25) is 14.9 Å². The molecule has 0 saturated carbocycles. The van der Waals surface area contributed by atoms with Gasteiger partial charge in [0.05, 0.1) is 5.92 Å². The summed E-state index contributed by atoms with van der Waals surface area (Å²) in [7, 11) is 0. The molecule has 24 heavy (non-hydrogen) atoms. The maximum Gasteiger partial charge on any atom is 0.328 e. The van der Waals surface area contributed by atoms with E-state index in [1.165, 1.54) is 0 Å². The average Bonchev–Trinajstić information content (AvgIpc) is 3.15. The van der Waals surface area contributed by atoms with Crippen LogP contribution < -0.4 is 5.32 Å². The summed E-state index contributed by atoms with van der Waals surface area (Å²) >= 11 is 0. The Bertz CT molecular complexity index is 726. The molecule has 7 nitrogen and oxygen atoms in total. The number of likely N-dealkylation sites (tertiary alicyclic amines) is 1. The van der Waals surface area contributed by atoms with Crippen LogP contribution in [0.25, 0.3) is 11.4 Å². The Morgan fingerprint density at radius 3 is 2.83 bits per heavy atom. The quantitative estimate of drug-likeness (QED) is 0.909. The van der Waals surface area contributed by atoms with Crippen LogP contribution in [-0.4, -0.2) is 39.9 Å². The minimum absolute atomic E-state index is 0.0133. The van der Waals surface area contributed by atoms with Gasteiger partial charge in [-0.2, -0.15) is 4.98 Å². The average molecular weight is 328 g/mol. The second-order valence-corrected chi connectivity index (χ2v) is 6.37. The molecule has 2 heterocycles. The summed E-state index contributed by atoms with van der Waals surface area (Å²) in [4.78, 5) is 30.2. The number of anilines is 1. The first-order chi connectivity index (χ1) is 11.5. The van der Waals surface area contributed by atoms with Gasteiger partial charge < -0.3 is 9.42 Å². The van der Waals surface area contributed by atoms with Gasteiger partial charge in [0.1, 0.15) is 0 Å². The molecule has 0 unspecified atom stereocenters. The van der Waals surface area contributed by atoms with Crippen LogP contribution in [-0.2, 0) is 9.59 Å². The lowest BCUT2D eigenvalue weighted by Crippen LogP contribution is -2.31. The first kappa shape index (κ1) is 16.2. The van der Waals surface area contributed by atoms with Gasteiger partial charge in [-0.25, -0.2) is 0 Å². The monoisotopic (exact) mass is 328 g/mol. The fraction of sp³-hybridized carbons (Fsp3) is 0.412. The summed E-state index contributed by atoms with van der Waals surface area (Å²) in [6.45, 7) is 5.19. The van der Waals surface area contributed by atoms with Crippen molar-refractivity contribution in [3.05, 3.63) is 30.3 Å². The van der Waals surface area contributed by atoms with E-state index in [1.54, 1.807) is 4.90 Å². The molecule has 0 radical (unpaired) electrons. The number of carbonyl (C=O) groups is 2. The van der Waals surface area contributed by atoms with E-state index in [9.17, 15) is 9.59 Å². The number of hydrogen-bond acceptors (Lipinski definition) is 5. The third-order valence-corrected chi connectivity index (χ3v) is 3.86. The second kappa shape index (κ2) is 6.82. The van der Waals surface area contributed by atoms with Crippen LogP contribution in [0.4, 0.5) is 6.01 Å². The van der Waals surface area contributed by atoms with Crippen LogP contribution in [0.3, 0.4) is 0 Å². The SMILES string of the molecule is CC(C)CN1C[C@H](C(=O)Nc2nc(-c3ccccc3)no2)CC1=O. The molecule has 1 aliphatic heterocycles. The first-order valence-electron chi connectivity index (χ1n) is 8.00. The van der Waals surface area contributed by atoms with E-state index in [0.29, 0.717) is 24.8 Å². The smallest absolute Gasteiger partial charge is 0.328 e. The molecular weight excluding hydrogens is 308 g/mol. The highest BCUT2D eigenvalue weighted by Crippen LogP contribution is 2.22. The van der Waals surface area contributed by atoms with Crippen molar-refractivity contribution >= 4 is 17.8 Å². The Labute approximate surface area is 140 Å². The molecule has 3 rings (SSSR count). The van der Waals surface area contributed by atoms with Crippen LogP contribution in [0.1, 0.15) is 20.3 Å². The summed E-state index contributed by atoms with van der Waals surface area (Å²) in [5, 5.41) is 6.47. The summed E-state index contributed by atoms with van der Waals surface area (Å²) in [6.07, 6.45) is 0.220. The van der Waals surface area contributed by atoms with E-state index in [4.69, 9.17) is 4.52 Å². The highest BCUT2D eigenvalue weighted by atomic mass is 16.5. The zero-order valence-corrected chi connectivity index (χ0v) is 13.7. The number of rotatable bonds is 5. The molecule has 1 saturated heterocycles. The normalized spacial score (nSPS) is 17.5. The standard InChI is InChI=1S/C17H20N4O3/c1-11(2)9-21-10-13(8-14(21)22)16(23)19-17-18-15(20-24-17)12-6-4-3-5-7-12/h3-7,11,13H,8-10H2,1-2H3,(H,18,19,20,23)/t13-/m1/s1. The Morgan fingerprint density at radius 1 is 1.38 bits per heavy atom. The number of benzene rings is 1. The molecule has 1 aromatic heterocycles. The number of amides is 2. The zero-order valence-electron chi connectivity index (χ0n) is 13.7. The summed E-state index contributed by atoms with van der Waals surface area (Å²) in [5.74, 6) is 0.149. The third-order valence-electron chi connectivity index (χ3n) is 3.86. The zero-order chi connectivity index (χ0) is 17.1. The van der Waals surface area contributed by atoms with Crippen LogP contribution in [0.5, 0.6) is 0 Å². The van der Waals surface area contributed by atoms with Crippen molar-refractivity contribution < 1.29 is 14.1 Å². The van der Waals surface area contributed by atoms with E-state index in [2.05, 4.69) is 15.5 Å². The van der Waals surface area contributed by atoms with Crippen molar-refractivity contribution in [1.82, 2.24) is 15.0 Å². The molecule has 7 heteroatoms. The van der Waals surface area contributed by atoms with Gasteiger partial charge in [0.25, 0.3) is 0 Å². The number of nitrogens with zero attached hydrogens (tertiary/aromatic N) is 3. The van der Waals surface area contributed by atoms with Crippen molar-refractivity contribution in [2.45, 2.75) is 20.3 Å². The molecule has 1 fully saturated rings. The highest BCUT2D eigenvalue weighted by Gasteiger charge is 2.35. The highest BCUT2D eigenvalue weighted by molar-refractivity contribution is 5.96. The molecule has 1 atom stereocenters. The van der Waals surface area contributed by atoms with Gasteiger partial charge in [0, 0.05) is 25.1 Å². The minimum atomic E-state index is -0.386. The van der Waals surface area contributed by atoms with Crippen LogP contribution in [0.2, 0.25) is 0 Å². The molecule has 0 spiro atoms. The van der Waals surface area contributed by atoms with Crippen molar-refractivity contribution in [3.63, 3.8) is 0 Å². The summed E-state index contributed by atoms with van der Waals surface area (Å²) in [6, 6.07) is 9.40. The molecule has 126 valence electrons. The van der Waals surface area contributed by atoms with Crippen LogP contribution in [0, 0.1) is 11.8 Å². The van der Waals surface area contributed by atoms with E-state index in [-0.39, 0.29) is 30.2 Å². The molecule has 0 aliphatic carbocycles. The van der Waals surface area contributed by atoms with Gasteiger partial charge in [-0.05, 0) is 5.92 Å². The van der Waals surface area contributed by atoms with E-state index in [0.717, 1.165) is 5.56 Å². The molecule has 2 amide bonds. The number of aromatic nitrogens is 2. The summed E-state index contributed by atoms with van der Waals surface area (Å²) < 4.78 is 5.08. The number of carbonyl (C=O) groups excluding carboxylic acids is 2. The van der Waals surface area contributed by atoms with E-state index >= 15 is 0 Å². The maximum atomic E-state index is 12.3. The van der Waals surface area contributed by atoms with Crippen molar-refractivity contribution in [2.24, 2.45) is 11.8 Å². The van der Waals surface area contributed by atoms with Gasteiger partial charge in [0.15, 0.2) is 0 Å². The molecule has 1 aliphatic rings. The molecule has 2 aromatic rings. The summed E-state index contributed by atoms with van der Waals surface area (Å²) in [5.41, 5.74) is 0.806. The predicted octanol–water partition coefficient (Wildman–Crippen LogP) is 2.18. The molecular formula is C17H20N4O3. The van der Waals surface area contributed by atoms with Gasteiger partial charge in [0.2, 0.25) is 17.6 Å². The minimum Gasteiger partial charge on any atom is -0.342 e. The van der Waals surface area contributed by atoms with Crippen LogP contribution >= 0.6 is 0 Å². The van der Waals surface area contributed by atoms with Gasteiger partial charge in [-0.15, -0.1) is 0 Å². The Balaban J connectivity index is 1.62. The second-order valence-electron chi connectivity index (χ2n) is 6.37. The third kappa shape index (κ3) is 3.61. The van der Waals surface area contributed by atoms with E-state index in [1.807, 2.05) is 44.2 Å². The van der Waals surface area contributed by atoms with Crippen molar-refractivity contribution in [1.29, 1.82) is 0 Å². The lowest BCUT2D eigenvalue weighted by atomic mass is 10.1. The largest absolute Gasteiger partial charge is 0.342 e. The Hall–Kier alpha value is -2.70.